The number of benzene rings is 1. The van der Waals surface area contributed by atoms with Crippen LogP contribution in [0.15, 0.2) is 45.8 Å². The summed E-state index contributed by atoms with van der Waals surface area (Å²) in [6.07, 6.45) is 4.82. The number of nitrogens with one attached hydrogen (secondary N) is 2. The van der Waals surface area contributed by atoms with Crippen molar-refractivity contribution in [2.45, 2.75) is 39.0 Å². The van der Waals surface area contributed by atoms with Crippen molar-refractivity contribution < 1.29 is 14.3 Å². The SMILES string of the molecule is CCCCCOc1ccc(C(=O)CCC(=O)Nc2cc(Br)c[nH]c2=O)cc1. The highest BCUT2D eigenvalue weighted by molar-refractivity contribution is 9.10. The van der Waals surface area contributed by atoms with Crippen LogP contribution in [0.1, 0.15) is 49.4 Å². The van der Waals surface area contributed by atoms with E-state index in [1.165, 1.54) is 12.3 Å². The number of hydrogen-bond donors (Lipinski definition) is 2. The largest absolute Gasteiger partial charge is 0.494 e. The summed E-state index contributed by atoms with van der Waals surface area (Å²) < 4.78 is 6.26. The molecule has 2 N–H and O–H groups in total. The highest BCUT2D eigenvalue weighted by atomic mass is 79.9. The van der Waals surface area contributed by atoms with Crippen LogP contribution in [-0.4, -0.2) is 23.3 Å². The number of pyridine rings is 1. The Morgan fingerprint density at radius 1 is 1.15 bits per heavy atom. The molecular weight excluding hydrogens is 412 g/mol. The Bertz CT molecular complexity index is 831. The molecule has 0 atom stereocenters. The number of H-pyrrole nitrogens is 1. The second-order valence-corrected chi connectivity index (χ2v) is 7.03. The Morgan fingerprint density at radius 3 is 2.59 bits per heavy atom. The number of ketones is 1. The Morgan fingerprint density at radius 2 is 1.89 bits per heavy atom. The van der Waals surface area contributed by atoms with Crippen molar-refractivity contribution in [2.75, 3.05) is 11.9 Å². The number of aromatic amines is 1. The van der Waals surface area contributed by atoms with E-state index in [4.69, 9.17) is 4.74 Å². The molecule has 0 bridgehead atoms. The van der Waals surface area contributed by atoms with Gasteiger partial charge in [-0.15, -0.1) is 0 Å². The summed E-state index contributed by atoms with van der Waals surface area (Å²) in [7, 11) is 0. The number of hydrogen-bond acceptors (Lipinski definition) is 4. The minimum Gasteiger partial charge on any atom is -0.494 e. The molecule has 144 valence electrons. The maximum Gasteiger partial charge on any atom is 0.271 e. The van der Waals surface area contributed by atoms with Gasteiger partial charge in [-0.05, 0) is 52.7 Å². The molecule has 1 amide bonds. The van der Waals surface area contributed by atoms with Gasteiger partial charge in [-0.2, -0.15) is 0 Å². The van der Waals surface area contributed by atoms with Crippen LogP contribution in [0.5, 0.6) is 5.75 Å². The molecule has 0 radical (unpaired) electrons. The summed E-state index contributed by atoms with van der Waals surface area (Å²) in [6.45, 7) is 2.80. The molecule has 0 aliphatic heterocycles. The number of Topliss-reactive ketones (excluding diaryl/α,β-unsaturated/α-hetero) is 1. The second kappa shape index (κ2) is 10.7. The normalized spacial score (nSPS) is 10.4. The molecule has 1 heterocycles. The van der Waals surface area contributed by atoms with Crippen LogP contribution >= 0.6 is 15.9 Å². The first kappa shape index (κ1) is 20.9. The molecule has 0 aliphatic carbocycles. The number of unbranched alkanes of at least 4 members (excludes halogenated alkanes) is 2. The van der Waals surface area contributed by atoms with E-state index in [0.717, 1.165) is 25.0 Å². The van der Waals surface area contributed by atoms with Gasteiger partial charge in [-0.1, -0.05) is 19.8 Å². The molecular formula is C20H23BrN2O4. The third-order valence-corrected chi connectivity index (χ3v) is 4.37. The second-order valence-electron chi connectivity index (χ2n) is 6.11. The first-order valence-electron chi connectivity index (χ1n) is 8.93. The predicted molar refractivity (Wildman–Crippen MR) is 108 cm³/mol. The summed E-state index contributed by atoms with van der Waals surface area (Å²) in [4.78, 5) is 38.4. The van der Waals surface area contributed by atoms with Crippen molar-refractivity contribution in [3.8, 4) is 5.75 Å². The maximum atomic E-state index is 12.2. The molecule has 0 fully saturated rings. The van der Waals surface area contributed by atoms with E-state index in [1.54, 1.807) is 24.3 Å². The van der Waals surface area contributed by atoms with Crippen LogP contribution in [-0.2, 0) is 4.79 Å². The smallest absolute Gasteiger partial charge is 0.271 e. The molecule has 0 saturated heterocycles. The van der Waals surface area contributed by atoms with Gasteiger partial charge in [0.1, 0.15) is 11.4 Å². The molecule has 0 aliphatic rings. The fraction of sp³-hybridized carbons (Fsp3) is 0.350. The van der Waals surface area contributed by atoms with Crippen molar-refractivity contribution in [1.29, 1.82) is 0 Å². The van der Waals surface area contributed by atoms with E-state index >= 15 is 0 Å². The van der Waals surface area contributed by atoms with Gasteiger partial charge >= 0.3 is 0 Å². The van der Waals surface area contributed by atoms with Crippen LogP contribution < -0.4 is 15.6 Å². The van der Waals surface area contributed by atoms with Gasteiger partial charge < -0.3 is 15.0 Å². The summed E-state index contributed by atoms with van der Waals surface area (Å²) in [5, 5.41) is 2.52. The third-order valence-electron chi connectivity index (χ3n) is 3.91. The number of rotatable bonds is 10. The Hall–Kier alpha value is -2.41. The predicted octanol–water partition coefficient (Wildman–Crippen LogP) is 4.31. The number of carbonyl (C=O) groups excluding carboxylic acids is 2. The van der Waals surface area contributed by atoms with Crippen LogP contribution in [0.4, 0.5) is 5.69 Å². The lowest BCUT2D eigenvalue weighted by molar-refractivity contribution is -0.116. The molecule has 1 aromatic carbocycles. The van der Waals surface area contributed by atoms with Gasteiger partial charge in [0.05, 0.1) is 6.61 Å². The van der Waals surface area contributed by atoms with Crippen LogP contribution in [0, 0.1) is 0 Å². The zero-order chi connectivity index (χ0) is 19.6. The van der Waals surface area contributed by atoms with Crippen LogP contribution in [0.3, 0.4) is 0 Å². The number of amides is 1. The lowest BCUT2D eigenvalue weighted by Crippen LogP contribution is -2.20. The summed E-state index contributed by atoms with van der Waals surface area (Å²) in [6, 6.07) is 8.45. The molecule has 2 rings (SSSR count). The number of anilines is 1. The van der Waals surface area contributed by atoms with E-state index in [2.05, 4.69) is 33.2 Å². The first-order chi connectivity index (χ1) is 13.0. The zero-order valence-electron chi connectivity index (χ0n) is 15.2. The molecule has 7 heteroatoms. The van der Waals surface area contributed by atoms with E-state index in [9.17, 15) is 14.4 Å². The number of ether oxygens (including phenoxy) is 1. The molecule has 0 unspecified atom stereocenters. The molecule has 0 spiro atoms. The molecule has 27 heavy (non-hydrogen) atoms. The molecule has 1 aromatic heterocycles. The average molecular weight is 435 g/mol. The average Bonchev–Trinajstić information content (AvgIpc) is 2.67. The number of halogens is 1. The molecule has 6 nitrogen and oxygen atoms in total. The van der Waals surface area contributed by atoms with Crippen LogP contribution in [0.2, 0.25) is 0 Å². The number of carbonyl (C=O) groups is 2. The van der Waals surface area contributed by atoms with Crippen LogP contribution in [0.25, 0.3) is 0 Å². The Labute approximate surface area is 166 Å². The lowest BCUT2D eigenvalue weighted by Gasteiger charge is -2.07. The maximum absolute atomic E-state index is 12.2. The summed E-state index contributed by atoms with van der Waals surface area (Å²) in [5.74, 6) is 0.211. The fourth-order valence-corrected chi connectivity index (χ4v) is 2.76. The van der Waals surface area contributed by atoms with Crippen molar-refractivity contribution in [3.63, 3.8) is 0 Å². The highest BCUT2D eigenvalue weighted by Crippen LogP contribution is 2.15. The minimum atomic E-state index is -0.396. The Kier molecular flexibility index (Phi) is 8.26. The zero-order valence-corrected chi connectivity index (χ0v) is 16.8. The number of aromatic nitrogens is 1. The van der Waals surface area contributed by atoms with E-state index in [1.807, 2.05) is 0 Å². The standard InChI is InChI=1S/C20H23BrN2O4/c1-2-3-4-11-27-16-7-5-14(6-8-16)18(24)9-10-19(25)23-17-12-15(21)13-22-20(17)26/h5-8,12-13H,2-4,9-11H2,1H3,(H,22,26)(H,23,25). The summed E-state index contributed by atoms with van der Waals surface area (Å²) in [5.41, 5.74) is 0.280. The van der Waals surface area contributed by atoms with Gasteiger partial charge in [0.25, 0.3) is 5.56 Å². The first-order valence-corrected chi connectivity index (χ1v) is 9.73. The van der Waals surface area contributed by atoms with Gasteiger partial charge in [0.15, 0.2) is 5.78 Å². The molecule has 0 saturated carbocycles. The van der Waals surface area contributed by atoms with Gasteiger partial charge in [-0.25, -0.2) is 0 Å². The molecule has 2 aromatic rings. The van der Waals surface area contributed by atoms with Gasteiger partial charge in [0, 0.05) is 29.1 Å². The third kappa shape index (κ3) is 7.02. The van der Waals surface area contributed by atoms with Gasteiger partial charge in [-0.3, -0.25) is 14.4 Å². The monoisotopic (exact) mass is 434 g/mol. The fourth-order valence-electron chi connectivity index (χ4n) is 2.41. The van der Waals surface area contributed by atoms with Crippen molar-refractivity contribution >= 4 is 33.3 Å². The highest BCUT2D eigenvalue weighted by Gasteiger charge is 2.11. The van der Waals surface area contributed by atoms with E-state index in [-0.39, 0.29) is 30.2 Å². The summed E-state index contributed by atoms with van der Waals surface area (Å²) >= 11 is 3.22. The van der Waals surface area contributed by atoms with Crippen molar-refractivity contribution in [1.82, 2.24) is 4.98 Å². The lowest BCUT2D eigenvalue weighted by atomic mass is 10.1. The quantitative estimate of drug-likeness (QED) is 0.430. The van der Waals surface area contributed by atoms with E-state index < -0.39 is 5.56 Å². The minimum absolute atomic E-state index is 0.0000554. The van der Waals surface area contributed by atoms with Crippen molar-refractivity contribution in [2.24, 2.45) is 0 Å². The van der Waals surface area contributed by atoms with Gasteiger partial charge in [0.2, 0.25) is 5.91 Å². The van der Waals surface area contributed by atoms with E-state index in [0.29, 0.717) is 16.6 Å². The van der Waals surface area contributed by atoms with Crippen molar-refractivity contribution in [3.05, 3.63) is 56.9 Å². The Balaban J connectivity index is 1.81. The topological polar surface area (TPSA) is 88.3 Å².